The Hall–Kier alpha value is -3.99. The highest BCUT2D eigenvalue weighted by Crippen LogP contribution is 2.27. The third-order valence-corrected chi connectivity index (χ3v) is 9.49. The third kappa shape index (κ3) is 6.84. The van der Waals surface area contributed by atoms with Crippen molar-refractivity contribution in [2.45, 2.75) is 24.0 Å². The molecule has 0 saturated carbocycles. The molecule has 1 amide bonds. The van der Waals surface area contributed by atoms with E-state index < -0.39 is 16.1 Å². The van der Waals surface area contributed by atoms with E-state index in [2.05, 4.69) is 9.88 Å². The Kier molecular flexibility index (Phi) is 8.82. The van der Waals surface area contributed by atoms with Crippen LogP contribution in [0.15, 0.2) is 96.2 Å². The third-order valence-electron chi connectivity index (χ3n) is 7.52. The van der Waals surface area contributed by atoms with Gasteiger partial charge in [0.2, 0.25) is 10.0 Å². The zero-order chi connectivity index (χ0) is 28.8. The number of aromatic hydroxyl groups is 1. The fourth-order valence-corrected chi connectivity index (χ4v) is 6.66. The molecule has 2 heterocycles. The highest BCUT2D eigenvalue weighted by Gasteiger charge is 2.32. The number of piperazine rings is 1. The van der Waals surface area contributed by atoms with Gasteiger partial charge < -0.3 is 14.7 Å². The Morgan fingerprint density at radius 2 is 1.68 bits per heavy atom. The first-order chi connectivity index (χ1) is 19.8. The number of phenols is 1. The lowest BCUT2D eigenvalue weighted by Gasteiger charge is -2.38. The van der Waals surface area contributed by atoms with Crippen molar-refractivity contribution in [1.82, 2.24) is 19.1 Å². The van der Waals surface area contributed by atoms with Crippen LogP contribution in [0.25, 0.3) is 10.8 Å². The van der Waals surface area contributed by atoms with E-state index in [1.165, 1.54) is 4.31 Å². The Morgan fingerprint density at radius 1 is 0.951 bits per heavy atom. The fourth-order valence-electron chi connectivity index (χ4n) is 5.10. The van der Waals surface area contributed by atoms with Gasteiger partial charge in [-0.1, -0.05) is 54.6 Å². The Morgan fingerprint density at radius 3 is 2.41 bits per heavy atom. The van der Waals surface area contributed by atoms with Crippen molar-refractivity contribution < 1.29 is 23.1 Å². The molecule has 4 aromatic rings. The quantitative estimate of drug-likeness (QED) is 0.321. The Bertz CT molecular complexity index is 1570. The topological polar surface area (TPSA) is 103 Å². The number of hydrogen-bond acceptors (Lipinski definition) is 7. The molecule has 0 radical (unpaired) electrons. The summed E-state index contributed by atoms with van der Waals surface area (Å²) in [5.74, 6) is 0.158. The smallest absolute Gasteiger partial charge is 0.410 e. The van der Waals surface area contributed by atoms with Gasteiger partial charge in [0.05, 0.1) is 4.90 Å². The van der Waals surface area contributed by atoms with Crippen LogP contribution in [0.3, 0.4) is 0 Å². The summed E-state index contributed by atoms with van der Waals surface area (Å²) < 4.78 is 34.9. The second-order valence-corrected chi connectivity index (χ2v) is 12.2. The van der Waals surface area contributed by atoms with Gasteiger partial charge in [0.1, 0.15) is 12.4 Å². The highest BCUT2D eigenvalue weighted by molar-refractivity contribution is 7.89. The van der Waals surface area contributed by atoms with Gasteiger partial charge in [0.15, 0.2) is 0 Å². The molecule has 41 heavy (non-hydrogen) atoms. The zero-order valence-corrected chi connectivity index (χ0v) is 23.8. The van der Waals surface area contributed by atoms with E-state index >= 15 is 0 Å². The van der Waals surface area contributed by atoms with Gasteiger partial charge in [0, 0.05) is 69.0 Å². The second-order valence-electron chi connectivity index (χ2n) is 10.2. The minimum Gasteiger partial charge on any atom is -0.508 e. The number of phenolic OH excluding ortho intramolecular Hbond substituents is 1. The normalized spacial score (nSPS) is 15.2. The molecular weight excluding hydrogens is 540 g/mol. The molecule has 0 spiro atoms. The number of amides is 1. The summed E-state index contributed by atoms with van der Waals surface area (Å²) in [6.45, 7) is 2.89. The van der Waals surface area contributed by atoms with Crippen molar-refractivity contribution in [1.29, 1.82) is 0 Å². The summed E-state index contributed by atoms with van der Waals surface area (Å²) in [6, 6.07) is 23.0. The van der Waals surface area contributed by atoms with E-state index in [1.807, 2.05) is 48.5 Å². The number of pyridine rings is 1. The summed E-state index contributed by atoms with van der Waals surface area (Å²) in [4.78, 5) is 20.9. The molecule has 5 rings (SSSR count). The molecule has 1 unspecified atom stereocenters. The lowest BCUT2D eigenvalue weighted by molar-refractivity contribution is 0.0673. The number of hydrogen-bond donors (Lipinski definition) is 1. The molecule has 0 aliphatic carbocycles. The Labute approximate surface area is 240 Å². The van der Waals surface area contributed by atoms with Crippen LogP contribution in [0.2, 0.25) is 0 Å². The summed E-state index contributed by atoms with van der Waals surface area (Å²) in [5, 5.41) is 11.1. The largest absolute Gasteiger partial charge is 0.508 e. The van der Waals surface area contributed by atoms with Crippen LogP contribution in [0.5, 0.6) is 5.75 Å². The van der Waals surface area contributed by atoms with Gasteiger partial charge >= 0.3 is 6.09 Å². The van der Waals surface area contributed by atoms with Gasteiger partial charge in [-0.3, -0.25) is 9.88 Å². The number of carbonyl (C=O) groups is 1. The lowest BCUT2D eigenvalue weighted by atomic mass is 10.0. The van der Waals surface area contributed by atoms with Crippen LogP contribution < -0.4 is 0 Å². The molecule has 3 aromatic carbocycles. The van der Waals surface area contributed by atoms with E-state index in [0.717, 1.165) is 16.5 Å². The molecule has 0 bridgehead atoms. The average Bonchev–Trinajstić information content (AvgIpc) is 3.00. The molecule has 214 valence electrons. The second kappa shape index (κ2) is 12.7. The molecule has 1 atom stereocenters. The number of nitrogens with zero attached hydrogens (tertiary/aromatic N) is 4. The van der Waals surface area contributed by atoms with Crippen LogP contribution in [0.1, 0.15) is 11.1 Å². The molecule has 1 aliphatic rings. The van der Waals surface area contributed by atoms with Crippen molar-refractivity contribution in [2.75, 3.05) is 39.8 Å². The van der Waals surface area contributed by atoms with E-state index in [4.69, 9.17) is 4.74 Å². The van der Waals surface area contributed by atoms with Gasteiger partial charge in [0.25, 0.3) is 0 Å². The maximum absolute atomic E-state index is 14.0. The maximum Gasteiger partial charge on any atom is 0.410 e. The Balaban J connectivity index is 1.29. The number of rotatable bonds is 9. The van der Waals surface area contributed by atoms with Gasteiger partial charge in [-0.25, -0.2) is 13.2 Å². The monoisotopic (exact) mass is 574 g/mol. The predicted octanol–water partition coefficient (Wildman–Crippen LogP) is 4.13. The van der Waals surface area contributed by atoms with Crippen LogP contribution in [0.4, 0.5) is 4.79 Å². The summed E-state index contributed by atoms with van der Waals surface area (Å²) >= 11 is 0. The summed E-state index contributed by atoms with van der Waals surface area (Å²) in [5.41, 5.74) is 1.85. The molecular formula is C31H34N4O5S. The number of ether oxygens (including phenoxy) is 1. The van der Waals surface area contributed by atoms with Crippen molar-refractivity contribution in [2.24, 2.45) is 0 Å². The molecule has 1 aromatic heterocycles. The first-order valence-electron chi connectivity index (χ1n) is 13.6. The van der Waals surface area contributed by atoms with Gasteiger partial charge in [-0.2, -0.15) is 4.31 Å². The van der Waals surface area contributed by atoms with Crippen LogP contribution >= 0.6 is 0 Å². The van der Waals surface area contributed by atoms with Crippen LogP contribution in [-0.4, -0.2) is 84.5 Å². The summed E-state index contributed by atoms with van der Waals surface area (Å²) in [7, 11) is -2.23. The van der Waals surface area contributed by atoms with E-state index in [1.54, 1.807) is 54.7 Å². The maximum atomic E-state index is 14.0. The van der Waals surface area contributed by atoms with Crippen molar-refractivity contribution in [3.05, 3.63) is 102 Å². The molecule has 9 nitrogen and oxygen atoms in total. The van der Waals surface area contributed by atoms with E-state index in [9.17, 15) is 18.3 Å². The van der Waals surface area contributed by atoms with Gasteiger partial charge in [-0.15, -0.1) is 0 Å². The van der Waals surface area contributed by atoms with E-state index in [-0.39, 0.29) is 23.3 Å². The molecule has 1 aliphatic heterocycles. The van der Waals surface area contributed by atoms with Crippen LogP contribution in [0, 0.1) is 0 Å². The molecule has 1 fully saturated rings. The predicted molar refractivity (Wildman–Crippen MR) is 157 cm³/mol. The SMILES string of the molecule is CN(C(Cc1ccc(O)cc1)CN1CCN(C(=O)OCc2ccccc2)CC1)S(=O)(=O)c1cccc2cnccc12. The van der Waals surface area contributed by atoms with Crippen molar-refractivity contribution in [3.8, 4) is 5.75 Å². The number of likely N-dealkylation sites (N-methyl/N-ethyl adjacent to an activating group) is 1. The van der Waals surface area contributed by atoms with E-state index in [0.29, 0.717) is 44.5 Å². The minimum absolute atomic E-state index is 0.158. The number of carbonyl (C=O) groups excluding carboxylic acids is 1. The standard InChI is InChI=1S/C31H34N4O5S/c1-33(41(38,39)30-9-5-8-26-21-32-15-14-29(26)30)27(20-24-10-12-28(36)13-11-24)22-34-16-18-35(19-17-34)31(37)40-23-25-6-3-2-4-7-25/h2-15,21,27,36H,16-20,22-23H2,1H3. The lowest BCUT2D eigenvalue weighted by Crippen LogP contribution is -2.53. The molecule has 10 heteroatoms. The number of sulfonamides is 1. The minimum atomic E-state index is -3.86. The highest BCUT2D eigenvalue weighted by atomic mass is 32.2. The number of benzene rings is 3. The first-order valence-corrected chi connectivity index (χ1v) is 15.0. The fraction of sp³-hybridized carbons (Fsp3) is 0.290. The first kappa shape index (κ1) is 28.5. The van der Waals surface area contributed by atoms with Crippen LogP contribution in [-0.2, 0) is 27.8 Å². The average molecular weight is 575 g/mol. The van der Waals surface area contributed by atoms with Crippen molar-refractivity contribution >= 4 is 26.9 Å². The molecule has 1 saturated heterocycles. The number of fused-ring (bicyclic) bond motifs is 1. The zero-order valence-electron chi connectivity index (χ0n) is 23.0. The van der Waals surface area contributed by atoms with Gasteiger partial charge in [-0.05, 0) is 41.8 Å². The summed E-state index contributed by atoms with van der Waals surface area (Å²) in [6.07, 6.45) is 3.37. The van der Waals surface area contributed by atoms with Crippen molar-refractivity contribution in [3.63, 3.8) is 0 Å². The number of aromatic nitrogens is 1. The molecule has 1 N–H and O–H groups in total.